The Kier molecular flexibility index (Phi) is 4.53. The quantitative estimate of drug-likeness (QED) is 0.823. The van der Waals surface area contributed by atoms with Gasteiger partial charge in [-0.2, -0.15) is 0 Å². The summed E-state index contributed by atoms with van der Waals surface area (Å²) in [5, 5.41) is 10.4. The van der Waals surface area contributed by atoms with Gasteiger partial charge in [-0.15, -0.1) is 0 Å². The minimum absolute atomic E-state index is 0.128. The topological polar surface area (TPSA) is 57.4 Å². The maximum absolute atomic E-state index is 11.5. The van der Waals surface area contributed by atoms with Crippen LogP contribution in [0.5, 0.6) is 0 Å². The zero-order valence-electron chi connectivity index (χ0n) is 13.1. The number of hydrogen-bond donors (Lipinski definition) is 1. The largest absolute Gasteiger partial charge is 0.387 e. The number of rotatable bonds is 6. The maximum atomic E-state index is 11.5. The summed E-state index contributed by atoms with van der Waals surface area (Å²) in [6.07, 6.45) is 1.58. The molecule has 0 saturated carbocycles. The van der Waals surface area contributed by atoms with Gasteiger partial charge in [-0.25, -0.2) is 8.42 Å². The normalized spacial score (nSPS) is 21.8. The number of nitrogens with zero attached hydrogens (tertiary/aromatic N) is 1. The molecule has 0 spiro atoms. The third-order valence-electron chi connectivity index (χ3n) is 4.30. The van der Waals surface area contributed by atoms with E-state index in [-0.39, 0.29) is 10.9 Å². The minimum atomic E-state index is -3.19. The van der Waals surface area contributed by atoms with Crippen LogP contribution in [0.2, 0.25) is 0 Å². The van der Waals surface area contributed by atoms with Crippen molar-refractivity contribution in [3.63, 3.8) is 0 Å². The first-order valence-electron chi connectivity index (χ1n) is 7.71. The minimum Gasteiger partial charge on any atom is -0.387 e. The van der Waals surface area contributed by atoms with Gasteiger partial charge in [-0.1, -0.05) is 42.5 Å². The van der Waals surface area contributed by atoms with E-state index < -0.39 is 15.9 Å². The van der Waals surface area contributed by atoms with Crippen molar-refractivity contribution in [3.05, 3.63) is 65.7 Å². The lowest BCUT2D eigenvalue weighted by Gasteiger charge is -2.12. The molecule has 1 N–H and O–H groups in total. The first kappa shape index (κ1) is 16.2. The smallest absolute Gasteiger partial charge is 0.175 e. The molecule has 0 bridgehead atoms. The van der Waals surface area contributed by atoms with Gasteiger partial charge >= 0.3 is 0 Å². The highest BCUT2D eigenvalue weighted by molar-refractivity contribution is 7.90. The van der Waals surface area contributed by atoms with Crippen molar-refractivity contribution in [3.8, 4) is 0 Å². The van der Waals surface area contributed by atoms with E-state index in [2.05, 4.69) is 17.0 Å². The zero-order valence-corrected chi connectivity index (χ0v) is 13.9. The molecule has 2 unspecified atom stereocenters. The molecule has 1 saturated heterocycles. The molecular formula is C18H21NO3S. The van der Waals surface area contributed by atoms with Gasteiger partial charge in [0.2, 0.25) is 0 Å². The van der Waals surface area contributed by atoms with Crippen LogP contribution in [0.15, 0.2) is 59.5 Å². The second kappa shape index (κ2) is 6.43. The lowest BCUT2D eigenvalue weighted by atomic mass is 10.1. The summed E-state index contributed by atoms with van der Waals surface area (Å²) < 4.78 is 22.9. The van der Waals surface area contributed by atoms with Gasteiger partial charge in [0, 0.05) is 19.3 Å². The Hall–Kier alpha value is -1.69. The third kappa shape index (κ3) is 3.99. The van der Waals surface area contributed by atoms with E-state index in [1.165, 1.54) is 11.8 Å². The van der Waals surface area contributed by atoms with Crippen LogP contribution in [0.25, 0.3) is 0 Å². The van der Waals surface area contributed by atoms with E-state index >= 15 is 0 Å². The van der Waals surface area contributed by atoms with Crippen LogP contribution in [0, 0.1) is 0 Å². The Bertz CT molecular complexity index is 757. The Balaban J connectivity index is 1.56. The number of hydrogen-bond acceptors (Lipinski definition) is 4. The Labute approximate surface area is 137 Å². The Morgan fingerprint density at radius 1 is 1.13 bits per heavy atom. The van der Waals surface area contributed by atoms with Crippen LogP contribution >= 0.6 is 0 Å². The van der Waals surface area contributed by atoms with Crippen molar-refractivity contribution < 1.29 is 13.5 Å². The van der Waals surface area contributed by atoms with Crippen molar-refractivity contribution in [2.75, 3.05) is 19.3 Å². The summed E-state index contributed by atoms with van der Waals surface area (Å²) in [5.41, 5.74) is 2.06. The number of aliphatic hydroxyl groups is 1. The van der Waals surface area contributed by atoms with E-state index in [4.69, 9.17) is 0 Å². The molecule has 122 valence electrons. The average Bonchev–Trinajstić information content (AvgIpc) is 3.32. The predicted molar refractivity (Wildman–Crippen MR) is 90.0 cm³/mol. The summed E-state index contributed by atoms with van der Waals surface area (Å²) in [7, 11) is -3.19. The lowest BCUT2D eigenvalue weighted by molar-refractivity contribution is 0.158. The highest BCUT2D eigenvalue weighted by Gasteiger charge is 2.39. The summed E-state index contributed by atoms with van der Waals surface area (Å²) in [6.45, 7) is 1.80. The summed E-state index contributed by atoms with van der Waals surface area (Å²) in [5.74, 6) is 0. The average molecular weight is 331 g/mol. The van der Waals surface area contributed by atoms with Crippen molar-refractivity contribution in [1.29, 1.82) is 0 Å². The second-order valence-electron chi connectivity index (χ2n) is 6.08. The molecule has 3 atom stereocenters. The van der Waals surface area contributed by atoms with E-state index in [0.717, 1.165) is 25.1 Å². The molecule has 0 amide bonds. The number of aliphatic hydroxyl groups excluding tert-OH is 1. The van der Waals surface area contributed by atoms with E-state index in [1.54, 1.807) is 24.3 Å². The highest BCUT2D eigenvalue weighted by atomic mass is 32.2. The molecule has 1 aliphatic heterocycles. The molecule has 3 rings (SSSR count). The van der Waals surface area contributed by atoms with Gasteiger partial charge in [0.05, 0.1) is 17.0 Å². The standard InChI is InChI=1S/C18H21NO3S/c1-23(21,22)16-9-7-15(8-10-16)18(20)17-13-19(17)12-11-14-5-3-2-4-6-14/h2-10,17-18,20H,11-13H2,1H3/t17?,18-,19?/m1/s1. The predicted octanol–water partition coefficient (Wildman–Crippen LogP) is 2.05. The fraction of sp³-hybridized carbons (Fsp3) is 0.333. The van der Waals surface area contributed by atoms with Gasteiger partial charge in [0.1, 0.15) is 0 Å². The number of sulfone groups is 1. The SMILES string of the molecule is CS(=O)(=O)c1ccc([C@@H](O)C2CN2CCc2ccccc2)cc1. The first-order valence-corrected chi connectivity index (χ1v) is 9.60. The maximum Gasteiger partial charge on any atom is 0.175 e. The molecule has 0 radical (unpaired) electrons. The van der Waals surface area contributed by atoms with E-state index in [0.29, 0.717) is 0 Å². The van der Waals surface area contributed by atoms with Crippen LogP contribution < -0.4 is 0 Å². The van der Waals surface area contributed by atoms with Crippen LogP contribution in [-0.2, 0) is 16.3 Å². The van der Waals surface area contributed by atoms with Crippen molar-refractivity contribution in [1.82, 2.24) is 4.90 Å². The zero-order chi connectivity index (χ0) is 16.4. The third-order valence-corrected chi connectivity index (χ3v) is 5.43. The van der Waals surface area contributed by atoms with E-state index in [1.807, 2.05) is 18.2 Å². The highest BCUT2D eigenvalue weighted by Crippen LogP contribution is 2.31. The van der Waals surface area contributed by atoms with Crippen molar-refractivity contribution >= 4 is 9.84 Å². The van der Waals surface area contributed by atoms with Crippen LogP contribution in [0.1, 0.15) is 17.2 Å². The summed E-state index contributed by atoms with van der Waals surface area (Å²) >= 11 is 0. The molecule has 4 nitrogen and oxygen atoms in total. The molecule has 1 heterocycles. The Morgan fingerprint density at radius 3 is 2.39 bits per heavy atom. The Morgan fingerprint density at radius 2 is 1.78 bits per heavy atom. The summed E-state index contributed by atoms with van der Waals surface area (Å²) in [6, 6.07) is 17.0. The van der Waals surface area contributed by atoms with Crippen LogP contribution in [0.3, 0.4) is 0 Å². The van der Waals surface area contributed by atoms with Crippen molar-refractivity contribution in [2.45, 2.75) is 23.5 Å². The van der Waals surface area contributed by atoms with Gasteiger partial charge in [0.25, 0.3) is 0 Å². The molecule has 23 heavy (non-hydrogen) atoms. The van der Waals surface area contributed by atoms with Crippen LogP contribution in [-0.4, -0.2) is 43.8 Å². The molecule has 2 aromatic rings. The molecule has 2 aromatic carbocycles. The molecule has 0 aromatic heterocycles. The van der Waals surface area contributed by atoms with Gasteiger partial charge in [-0.05, 0) is 29.7 Å². The molecular weight excluding hydrogens is 310 g/mol. The molecule has 1 aliphatic rings. The number of benzene rings is 2. The van der Waals surface area contributed by atoms with Crippen molar-refractivity contribution in [2.24, 2.45) is 0 Å². The van der Waals surface area contributed by atoms with Crippen LogP contribution in [0.4, 0.5) is 0 Å². The second-order valence-corrected chi connectivity index (χ2v) is 8.10. The molecule has 0 aliphatic carbocycles. The monoisotopic (exact) mass is 331 g/mol. The van der Waals surface area contributed by atoms with Gasteiger partial charge in [-0.3, -0.25) is 4.90 Å². The van der Waals surface area contributed by atoms with Gasteiger partial charge in [0.15, 0.2) is 9.84 Å². The van der Waals surface area contributed by atoms with E-state index in [9.17, 15) is 13.5 Å². The lowest BCUT2D eigenvalue weighted by Crippen LogP contribution is -2.14. The fourth-order valence-electron chi connectivity index (χ4n) is 2.80. The summed E-state index contributed by atoms with van der Waals surface area (Å²) in [4.78, 5) is 2.52. The fourth-order valence-corrected chi connectivity index (χ4v) is 3.43. The van der Waals surface area contributed by atoms with Gasteiger partial charge < -0.3 is 5.11 Å². The molecule has 1 fully saturated rings. The first-order chi connectivity index (χ1) is 10.9. The molecule has 5 heteroatoms.